The summed E-state index contributed by atoms with van der Waals surface area (Å²) < 4.78 is 1.92. The molecule has 5 heteroatoms. The number of imidazole rings is 1. The SMILES string of the molecule is Cc1cn2cc(C(=O)N3CCN(Cc4ccccc4)CC3)ccc2n1. The number of aromatic nitrogens is 2. The molecule has 0 spiro atoms. The van der Waals surface area contributed by atoms with Crippen molar-refractivity contribution in [3.8, 4) is 0 Å². The highest BCUT2D eigenvalue weighted by Crippen LogP contribution is 2.13. The Morgan fingerprint density at radius 1 is 1.00 bits per heavy atom. The van der Waals surface area contributed by atoms with Crippen molar-refractivity contribution in [2.24, 2.45) is 0 Å². The fraction of sp³-hybridized carbons (Fsp3) is 0.300. The molecule has 2 aromatic heterocycles. The summed E-state index contributed by atoms with van der Waals surface area (Å²) in [4.78, 5) is 21.6. The van der Waals surface area contributed by atoms with Crippen molar-refractivity contribution in [2.45, 2.75) is 13.5 Å². The van der Waals surface area contributed by atoms with Gasteiger partial charge in [0.1, 0.15) is 5.65 Å². The van der Waals surface area contributed by atoms with Crippen LogP contribution in [0.2, 0.25) is 0 Å². The van der Waals surface area contributed by atoms with Gasteiger partial charge in [-0.15, -0.1) is 0 Å². The van der Waals surface area contributed by atoms with E-state index < -0.39 is 0 Å². The lowest BCUT2D eigenvalue weighted by Crippen LogP contribution is -2.48. The van der Waals surface area contributed by atoms with E-state index >= 15 is 0 Å². The summed E-state index contributed by atoms with van der Waals surface area (Å²) in [7, 11) is 0. The van der Waals surface area contributed by atoms with Crippen LogP contribution in [0.3, 0.4) is 0 Å². The van der Waals surface area contributed by atoms with Crippen molar-refractivity contribution in [1.29, 1.82) is 0 Å². The first kappa shape index (κ1) is 15.8. The molecule has 0 radical (unpaired) electrons. The fourth-order valence-corrected chi connectivity index (χ4v) is 3.38. The van der Waals surface area contributed by atoms with Gasteiger partial charge in [0.2, 0.25) is 0 Å². The third-order valence-corrected chi connectivity index (χ3v) is 4.73. The second-order valence-electron chi connectivity index (χ2n) is 6.62. The Bertz CT molecular complexity index is 879. The molecule has 0 saturated carbocycles. The third-order valence-electron chi connectivity index (χ3n) is 4.73. The van der Waals surface area contributed by atoms with E-state index in [1.807, 2.05) is 46.8 Å². The van der Waals surface area contributed by atoms with Crippen LogP contribution < -0.4 is 0 Å². The average Bonchev–Trinajstić information content (AvgIpc) is 3.02. The summed E-state index contributed by atoms with van der Waals surface area (Å²) >= 11 is 0. The zero-order valence-electron chi connectivity index (χ0n) is 14.4. The molecule has 1 fully saturated rings. The van der Waals surface area contributed by atoms with Crippen molar-refractivity contribution in [3.63, 3.8) is 0 Å². The minimum absolute atomic E-state index is 0.104. The van der Waals surface area contributed by atoms with E-state index in [0.29, 0.717) is 0 Å². The number of piperazine rings is 1. The topological polar surface area (TPSA) is 40.9 Å². The van der Waals surface area contributed by atoms with E-state index in [2.05, 4.69) is 34.1 Å². The molecule has 0 atom stereocenters. The largest absolute Gasteiger partial charge is 0.336 e. The number of carbonyl (C=O) groups excluding carboxylic acids is 1. The van der Waals surface area contributed by atoms with Crippen LogP contribution in [0, 0.1) is 6.92 Å². The van der Waals surface area contributed by atoms with Gasteiger partial charge in [-0.2, -0.15) is 0 Å². The molecule has 1 aliphatic rings. The maximum Gasteiger partial charge on any atom is 0.255 e. The molecule has 0 aliphatic carbocycles. The Hall–Kier alpha value is -2.66. The van der Waals surface area contributed by atoms with E-state index in [0.717, 1.165) is 49.6 Å². The molecule has 1 amide bonds. The van der Waals surface area contributed by atoms with Crippen molar-refractivity contribution >= 4 is 11.6 Å². The van der Waals surface area contributed by atoms with E-state index in [1.165, 1.54) is 5.56 Å². The molecule has 0 N–H and O–H groups in total. The van der Waals surface area contributed by atoms with Crippen LogP contribution in [-0.4, -0.2) is 51.3 Å². The molecule has 1 aromatic carbocycles. The molecular weight excluding hydrogens is 312 g/mol. The lowest BCUT2D eigenvalue weighted by Gasteiger charge is -2.34. The second-order valence-corrected chi connectivity index (χ2v) is 6.62. The Morgan fingerprint density at radius 3 is 2.52 bits per heavy atom. The van der Waals surface area contributed by atoms with Gasteiger partial charge in [0.25, 0.3) is 5.91 Å². The summed E-state index contributed by atoms with van der Waals surface area (Å²) in [6, 6.07) is 14.3. The number of aryl methyl sites for hydroxylation is 1. The van der Waals surface area contributed by atoms with Gasteiger partial charge in [0.15, 0.2) is 0 Å². The normalized spacial score (nSPS) is 15.6. The van der Waals surface area contributed by atoms with Crippen molar-refractivity contribution in [1.82, 2.24) is 19.2 Å². The predicted octanol–water partition coefficient (Wildman–Crippen LogP) is 2.60. The molecule has 25 heavy (non-hydrogen) atoms. The number of rotatable bonds is 3. The lowest BCUT2D eigenvalue weighted by molar-refractivity contribution is 0.0628. The molecule has 3 heterocycles. The maximum absolute atomic E-state index is 12.8. The second kappa shape index (κ2) is 6.69. The quantitative estimate of drug-likeness (QED) is 0.739. The molecule has 5 nitrogen and oxygen atoms in total. The average molecular weight is 334 g/mol. The van der Waals surface area contributed by atoms with E-state index in [-0.39, 0.29) is 5.91 Å². The number of hydrogen-bond donors (Lipinski definition) is 0. The standard InChI is InChI=1S/C20H22N4O/c1-16-13-24-15-18(7-8-19(24)21-16)20(25)23-11-9-22(10-12-23)14-17-5-3-2-4-6-17/h2-8,13,15H,9-12,14H2,1H3. The monoisotopic (exact) mass is 334 g/mol. The number of hydrogen-bond acceptors (Lipinski definition) is 3. The predicted molar refractivity (Wildman–Crippen MR) is 97.6 cm³/mol. The number of amides is 1. The van der Waals surface area contributed by atoms with Gasteiger partial charge in [0, 0.05) is 45.1 Å². The number of fused-ring (bicyclic) bond motifs is 1. The Balaban J connectivity index is 1.40. The highest BCUT2D eigenvalue weighted by atomic mass is 16.2. The first-order valence-electron chi connectivity index (χ1n) is 8.70. The van der Waals surface area contributed by atoms with Crippen LogP contribution in [-0.2, 0) is 6.54 Å². The van der Waals surface area contributed by atoms with Crippen LogP contribution in [0.15, 0.2) is 54.9 Å². The van der Waals surface area contributed by atoms with E-state index in [9.17, 15) is 4.79 Å². The van der Waals surface area contributed by atoms with Crippen LogP contribution in [0.4, 0.5) is 0 Å². The van der Waals surface area contributed by atoms with Gasteiger partial charge in [-0.25, -0.2) is 4.98 Å². The van der Waals surface area contributed by atoms with Gasteiger partial charge < -0.3 is 9.30 Å². The molecule has 1 saturated heterocycles. The molecule has 3 aromatic rings. The van der Waals surface area contributed by atoms with Crippen molar-refractivity contribution < 1.29 is 4.79 Å². The Kier molecular flexibility index (Phi) is 4.24. The number of nitrogens with zero attached hydrogens (tertiary/aromatic N) is 4. The maximum atomic E-state index is 12.8. The zero-order valence-corrected chi connectivity index (χ0v) is 14.4. The third kappa shape index (κ3) is 3.42. The number of pyridine rings is 1. The molecule has 128 valence electrons. The van der Waals surface area contributed by atoms with Crippen molar-refractivity contribution in [3.05, 3.63) is 71.7 Å². The molecule has 0 bridgehead atoms. The van der Waals surface area contributed by atoms with Gasteiger partial charge in [-0.3, -0.25) is 9.69 Å². The number of benzene rings is 1. The Morgan fingerprint density at radius 2 is 1.76 bits per heavy atom. The highest BCUT2D eigenvalue weighted by Gasteiger charge is 2.22. The zero-order chi connectivity index (χ0) is 17.2. The van der Waals surface area contributed by atoms with E-state index in [4.69, 9.17) is 0 Å². The van der Waals surface area contributed by atoms with Crippen LogP contribution in [0.25, 0.3) is 5.65 Å². The van der Waals surface area contributed by atoms with Gasteiger partial charge in [0.05, 0.1) is 11.3 Å². The van der Waals surface area contributed by atoms with Gasteiger partial charge in [-0.05, 0) is 24.6 Å². The fourth-order valence-electron chi connectivity index (χ4n) is 3.38. The minimum Gasteiger partial charge on any atom is -0.336 e. The summed E-state index contributed by atoms with van der Waals surface area (Å²) in [6.45, 7) is 6.27. The highest BCUT2D eigenvalue weighted by molar-refractivity contribution is 5.94. The minimum atomic E-state index is 0.104. The summed E-state index contributed by atoms with van der Waals surface area (Å²) in [5, 5.41) is 0. The summed E-state index contributed by atoms with van der Waals surface area (Å²) in [5.74, 6) is 0.104. The van der Waals surface area contributed by atoms with Gasteiger partial charge in [-0.1, -0.05) is 30.3 Å². The van der Waals surface area contributed by atoms with Crippen LogP contribution >= 0.6 is 0 Å². The van der Waals surface area contributed by atoms with Gasteiger partial charge >= 0.3 is 0 Å². The van der Waals surface area contributed by atoms with Crippen LogP contribution in [0.1, 0.15) is 21.6 Å². The molecule has 0 unspecified atom stereocenters. The Labute approximate surface area is 147 Å². The van der Waals surface area contributed by atoms with Crippen LogP contribution in [0.5, 0.6) is 0 Å². The lowest BCUT2D eigenvalue weighted by atomic mass is 10.2. The smallest absolute Gasteiger partial charge is 0.255 e. The molecule has 4 rings (SSSR count). The first-order valence-corrected chi connectivity index (χ1v) is 8.70. The first-order chi connectivity index (χ1) is 12.2. The van der Waals surface area contributed by atoms with E-state index in [1.54, 1.807) is 0 Å². The summed E-state index contributed by atoms with van der Waals surface area (Å²) in [6.07, 6.45) is 3.83. The van der Waals surface area contributed by atoms with Crippen molar-refractivity contribution in [2.75, 3.05) is 26.2 Å². The molecular formula is C20H22N4O. The molecule has 1 aliphatic heterocycles. The summed E-state index contributed by atoms with van der Waals surface area (Å²) in [5.41, 5.74) is 3.88. The number of carbonyl (C=O) groups is 1.